The van der Waals surface area contributed by atoms with Crippen molar-refractivity contribution in [2.75, 3.05) is 0 Å². The molecule has 140 valence electrons. The number of non-ortho nitro benzene ring substituents is 1. The molecule has 0 unspecified atom stereocenters. The van der Waals surface area contributed by atoms with Gasteiger partial charge in [-0.3, -0.25) is 20.0 Å². The number of carbonyl (C=O) groups is 1. The third-order valence-corrected chi connectivity index (χ3v) is 4.81. The topological polar surface area (TPSA) is 113 Å². The van der Waals surface area contributed by atoms with E-state index in [1.807, 2.05) is 18.2 Å². The van der Waals surface area contributed by atoms with Crippen molar-refractivity contribution < 1.29 is 9.72 Å². The summed E-state index contributed by atoms with van der Waals surface area (Å²) in [5, 5.41) is 22.1. The van der Waals surface area contributed by atoms with Crippen molar-refractivity contribution in [1.82, 2.24) is 15.6 Å². The third-order valence-electron chi connectivity index (χ3n) is 4.81. The second-order valence-electron chi connectivity index (χ2n) is 6.53. The van der Waals surface area contributed by atoms with E-state index in [2.05, 4.69) is 26.8 Å². The summed E-state index contributed by atoms with van der Waals surface area (Å²) in [4.78, 5) is 23.0. The molecule has 2 N–H and O–H groups in total. The number of fused-ring (bicyclic) bond motifs is 3. The highest BCUT2D eigenvalue weighted by atomic mass is 16.6. The monoisotopic (exact) mass is 375 g/mol. The van der Waals surface area contributed by atoms with E-state index in [-0.39, 0.29) is 5.69 Å². The Bertz CT molecular complexity index is 1120. The Morgan fingerprint density at radius 3 is 2.86 bits per heavy atom. The van der Waals surface area contributed by atoms with Crippen LogP contribution in [0.1, 0.15) is 34.1 Å². The van der Waals surface area contributed by atoms with E-state index < -0.39 is 10.8 Å². The Morgan fingerprint density at radius 1 is 1.21 bits per heavy atom. The van der Waals surface area contributed by atoms with Gasteiger partial charge in [0.05, 0.1) is 16.3 Å². The number of aryl methyl sites for hydroxylation is 1. The molecule has 4 rings (SSSR count). The SMILES string of the molecule is C/C(=N/NC(=O)c1[nH]nc2c1CCc1ccccc1-2)c1cccc([N+](=O)[O-])c1. The van der Waals surface area contributed by atoms with Crippen LogP contribution in [0.25, 0.3) is 11.3 Å². The Kier molecular flexibility index (Phi) is 4.44. The molecule has 3 aromatic rings. The quantitative estimate of drug-likeness (QED) is 0.414. The van der Waals surface area contributed by atoms with Crippen LogP contribution in [0, 0.1) is 10.1 Å². The Morgan fingerprint density at radius 2 is 2.04 bits per heavy atom. The molecule has 1 heterocycles. The Balaban J connectivity index is 1.56. The van der Waals surface area contributed by atoms with E-state index in [4.69, 9.17) is 0 Å². The number of nitrogens with one attached hydrogen (secondary N) is 2. The van der Waals surface area contributed by atoms with Crippen molar-refractivity contribution in [3.05, 3.63) is 81.0 Å². The summed E-state index contributed by atoms with van der Waals surface area (Å²) in [5.74, 6) is -0.391. The van der Waals surface area contributed by atoms with Gasteiger partial charge in [0.15, 0.2) is 0 Å². The maximum Gasteiger partial charge on any atom is 0.289 e. The van der Waals surface area contributed by atoms with E-state index in [1.165, 1.54) is 17.7 Å². The Hall–Kier alpha value is -3.81. The van der Waals surface area contributed by atoms with Crippen molar-refractivity contribution in [3.8, 4) is 11.3 Å². The highest BCUT2D eigenvalue weighted by molar-refractivity contribution is 6.01. The van der Waals surface area contributed by atoms with Gasteiger partial charge >= 0.3 is 0 Å². The van der Waals surface area contributed by atoms with Gasteiger partial charge in [0.2, 0.25) is 0 Å². The second kappa shape index (κ2) is 7.07. The lowest BCUT2D eigenvalue weighted by Crippen LogP contribution is -2.21. The first-order valence-corrected chi connectivity index (χ1v) is 8.79. The number of carbonyl (C=O) groups excluding carboxylic acids is 1. The fourth-order valence-electron chi connectivity index (χ4n) is 3.35. The molecule has 0 saturated heterocycles. The lowest BCUT2D eigenvalue weighted by molar-refractivity contribution is -0.384. The summed E-state index contributed by atoms with van der Waals surface area (Å²) in [6, 6.07) is 14.1. The minimum absolute atomic E-state index is 0.0281. The first kappa shape index (κ1) is 17.6. The second-order valence-corrected chi connectivity index (χ2v) is 6.53. The lowest BCUT2D eigenvalue weighted by Gasteiger charge is -2.15. The summed E-state index contributed by atoms with van der Waals surface area (Å²) in [7, 11) is 0. The fraction of sp³-hybridized carbons (Fsp3) is 0.150. The van der Waals surface area contributed by atoms with Gasteiger partial charge in [-0.1, -0.05) is 36.4 Å². The van der Waals surface area contributed by atoms with Crippen LogP contribution in [0.5, 0.6) is 0 Å². The zero-order chi connectivity index (χ0) is 19.7. The molecule has 28 heavy (non-hydrogen) atoms. The standard InChI is InChI=1S/C20H17N5O3/c1-12(14-6-4-7-15(11-14)25(27)28)21-24-20(26)19-17-10-9-13-5-2-3-8-16(13)18(17)22-23-19/h2-8,11H,9-10H2,1H3,(H,22,23)(H,24,26)/b21-12-. The highest BCUT2D eigenvalue weighted by Crippen LogP contribution is 2.33. The molecule has 1 amide bonds. The van der Waals surface area contributed by atoms with Crippen molar-refractivity contribution in [1.29, 1.82) is 0 Å². The van der Waals surface area contributed by atoms with Crippen LogP contribution < -0.4 is 5.43 Å². The zero-order valence-electron chi connectivity index (χ0n) is 15.1. The van der Waals surface area contributed by atoms with Crippen LogP contribution in [-0.4, -0.2) is 26.7 Å². The van der Waals surface area contributed by atoms with Crippen LogP contribution in [-0.2, 0) is 12.8 Å². The number of H-pyrrole nitrogens is 1. The number of benzene rings is 2. The summed E-state index contributed by atoms with van der Waals surface area (Å²) >= 11 is 0. The molecule has 1 aliphatic carbocycles. The average molecular weight is 375 g/mol. The number of aromatic amines is 1. The Labute approximate surface area is 160 Å². The first-order valence-electron chi connectivity index (χ1n) is 8.79. The van der Waals surface area contributed by atoms with Gasteiger partial charge in [-0.25, -0.2) is 5.43 Å². The summed E-state index contributed by atoms with van der Waals surface area (Å²) in [6.07, 6.45) is 1.57. The molecule has 0 radical (unpaired) electrons. The molecule has 1 aromatic heterocycles. The lowest BCUT2D eigenvalue weighted by atomic mass is 9.89. The van der Waals surface area contributed by atoms with Crippen LogP contribution in [0.3, 0.4) is 0 Å². The van der Waals surface area contributed by atoms with Crippen molar-refractivity contribution in [2.24, 2.45) is 5.10 Å². The van der Waals surface area contributed by atoms with Crippen LogP contribution in [0.2, 0.25) is 0 Å². The van der Waals surface area contributed by atoms with Crippen molar-refractivity contribution in [3.63, 3.8) is 0 Å². The smallest absolute Gasteiger partial charge is 0.272 e. The van der Waals surface area contributed by atoms with E-state index in [0.717, 1.165) is 29.7 Å². The summed E-state index contributed by atoms with van der Waals surface area (Å²) in [6.45, 7) is 1.68. The minimum atomic E-state index is -0.468. The van der Waals surface area contributed by atoms with Crippen LogP contribution in [0.4, 0.5) is 5.69 Å². The van der Waals surface area contributed by atoms with E-state index in [9.17, 15) is 14.9 Å². The number of hydrogen-bond donors (Lipinski definition) is 2. The van der Waals surface area contributed by atoms with Crippen molar-refractivity contribution >= 4 is 17.3 Å². The molecule has 0 atom stereocenters. The van der Waals surface area contributed by atoms with Gasteiger partial charge in [0.1, 0.15) is 5.69 Å². The molecular weight excluding hydrogens is 358 g/mol. The molecule has 0 fully saturated rings. The number of amides is 1. The van der Waals surface area contributed by atoms with Gasteiger partial charge < -0.3 is 0 Å². The number of hydrogen-bond acceptors (Lipinski definition) is 5. The van der Waals surface area contributed by atoms with Crippen LogP contribution in [0.15, 0.2) is 53.6 Å². The predicted octanol–water partition coefficient (Wildman–Crippen LogP) is 3.24. The van der Waals surface area contributed by atoms with Gasteiger partial charge in [0, 0.05) is 28.8 Å². The first-order chi connectivity index (χ1) is 13.5. The normalized spacial score (nSPS) is 12.8. The molecule has 0 aliphatic heterocycles. The third kappa shape index (κ3) is 3.16. The maximum absolute atomic E-state index is 12.6. The molecule has 0 bridgehead atoms. The highest BCUT2D eigenvalue weighted by Gasteiger charge is 2.24. The molecule has 0 spiro atoms. The maximum atomic E-state index is 12.6. The van der Waals surface area contributed by atoms with Gasteiger partial charge in [-0.15, -0.1) is 0 Å². The molecule has 2 aromatic carbocycles. The average Bonchev–Trinajstić information content (AvgIpc) is 3.16. The van der Waals surface area contributed by atoms with E-state index in [1.54, 1.807) is 19.1 Å². The van der Waals surface area contributed by atoms with Crippen molar-refractivity contribution in [2.45, 2.75) is 19.8 Å². The number of aromatic nitrogens is 2. The number of nitrogens with zero attached hydrogens (tertiary/aromatic N) is 3. The fourth-order valence-corrected chi connectivity index (χ4v) is 3.35. The molecule has 1 aliphatic rings. The largest absolute Gasteiger partial charge is 0.289 e. The molecule has 8 nitrogen and oxygen atoms in total. The number of rotatable bonds is 4. The predicted molar refractivity (Wildman–Crippen MR) is 104 cm³/mol. The molecule has 8 heteroatoms. The molecule has 0 saturated carbocycles. The van der Waals surface area contributed by atoms with E-state index >= 15 is 0 Å². The number of nitro groups is 1. The van der Waals surface area contributed by atoms with Gasteiger partial charge in [-0.05, 0) is 25.3 Å². The minimum Gasteiger partial charge on any atom is -0.272 e. The van der Waals surface area contributed by atoms with Gasteiger partial charge in [0.25, 0.3) is 11.6 Å². The zero-order valence-corrected chi connectivity index (χ0v) is 15.1. The summed E-state index contributed by atoms with van der Waals surface area (Å²) in [5.41, 5.74) is 7.83. The summed E-state index contributed by atoms with van der Waals surface area (Å²) < 4.78 is 0. The van der Waals surface area contributed by atoms with Crippen LogP contribution >= 0.6 is 0 Å². The number of hydrazone groups is 1. The number of nitro benzene ring substituents is 1. The van der Waals surface area contributed by atoms with Gasteiger partial charge in [-0.2, -0.15) is 10.2 Å². The molecular formula is C20H17N5O3. The van der Waals surface area contributed by atoms with E-state index in [0.29, 0.717) is 17.0 Å².